The first-order valence-electron chi connectivity index (χ1n) is 5.75. The minimum absolute atomic E-state index is 0.0248. The molecular weight excluding hydrogens is 256 g/mol. The predicted octanol–water partition coefficient (Wildman–Crippen LogP) is 3.38. The van der Waals surface area contributed by atoms with Gasteiger partial charge in [0, 0.05) is 24.0 Å². The first kappa shape index (κ1) is 13.5. The van der Waals surface area contributed by atoms with Crippen LogP contribution in [0.25, 0.3) is 0 Å². The van der Waals surface area contributed by atoms with Crippen LogP contribution in [0.4, 0.5) is 0 Å². The molecule has 1 aliphatic rings. The highest BCUT2D eigenvalue weighted by Gasteiger charge is 2.31. The Balaban J connectivity index is 2.33. The van der Waals surface area contributed by atoms with Gasteiger partial charge in [-0.1, -0.05) is 15.9 Å². The second kappa shape index (κ2) is 5.65. The Bertz CT molecular complexity index is 181. The Morgan fingerprint density at radius 2 is 2.13 bits per heavy atom. The Kier molecular flexibility index (Phi) is 5.07. The molecule has 3 heteroatoms. The van der Waals surface area contributed by atoms with Crippen LogP contribution < -0.4 is 0 Å². The lowest BCUT2D eigenvalue weighted by molar-refractivity contribution is -0.0473. The summed E-state index contributed by atoms with van der Waals surface area (Å²) < 4.78 is 11.4. The lowest BCUT2D eigenvalue weighted by atomic mass is 9.82. The molecule has 0 N–H and O–H groups in total. The van der Waals surface area contributed by atoms with Crippen molar-refractivity contribution in [3.8, 4) is 0 Å². The molecule has 1 rings (SSSR count). The fourth-order valence-electron chi connectivity index (χ4n) is 1.85. The van der Waals surface area contributed by atoms with Crippen LogP contribution in [0.2, 0.25) is 0 Å². The SMILES string of the molecule is CC(C)(C)OCCC1(CBr)CCCOC1. The van der Waals surface area contributed by atoms with Gasteiger partial charge in [-0.3, -0.25) is 0 Å². The number of hydrogen-bond donors (Lipinski definition) is 0. The van der Waals surface area contributed by atoms with Crippen LogP contribution in [-0.2, 0) is 9.47 Å². The quantitative estimate of drug-likeness (QED) is 0.734. The van der Waals surface area contributed by atoms with E-state index in [1.807, 2.05) is 0 Å². The first-order chi connectivity index (χ1) is 6.97. The summed E-state index contributed by atoms with van der Waals surface area (Å²) in [4.78, 5) is 0. The monoisotopic (exact) mass is 278 g/mol. The number of hydrogen-bond acceptors (Lipinski definition) is 2. The van der Waals surface area contributed by atoms with Gasteiger partial charge in [0.1, 0.15) is 0 Å². The highest BCUT2D eigenvalue weighted by molar-refractivity contribution is 9.09. The molecule has 0 amide bonds. The van der Waals surface area contributed by atoms with Crippen LogP contribution in [0, 0.1) is 5.41 Å². The summed E-state index contributed by atoms with van der Waals surface area (Å²) in [6.07, 6.45) is 3.53. The zero-order chi connectivity index (χ0) is 11.4. The highest BCUT2D eigenvalue weighted by Crippen LogP contribution is 2.34. The summed E-state index contributed by atoms with van der Waals surface area (Å²) >= 11 is 3.61. The van der Waals surface area contributed by atoms with Crippen molar-refractivity contribution in [1.29, 1.82) is 0 Å². The van der Waals surface area contributed by atoms with Gasteiger partial charge in [-0.15, -0.1) is 0 Å². The van der Waals surface area contributed by atoms with Gasteiger partial charge in [0.2, 0.25) is 0 Å². The van der Waals surface area contributed by atoms with Gasteiger partial charge < -0.3 is 9.47 Å². The lowest BCUT2D eigenvalue weighted by Crippen LogP contribution is -2.35. The molecule has 0 radical (unpaired) electrons. The van der Waals surface area contributed by atoms with E-state index in [-0.39, 0.29) is 5.60 Å². The van der Waals surface area contributed by atoms with Crippen LogP contribution in [0.1, 0.15) is 40.0 Å². The lowest BCUT2D eigenvalue weighted by Gasteiger charge is -2.36. The van der Waals surface area contributed by atoms with E-state index in [2.05, 4.69) is 36.7 Å². The minimum atomic E-state index is -0.0248. The normalized spacial score (nSPS) is 28.0. The molecule has 1 fully saturated rings. The maximum Gasteiger partial charge on any atom is 0.0598 e. The Morgan fingerprint density at radius 1 is 1.40 bits per heavy atom. The van der Waals surface area contributed by atoms with E-state index in [9.17, 15) is 0 Å². The van der Waals surface area contributed by atoms with E-state index >= 15 is 0 Å². The molecule has 0 aromatic heterocycles. The summed E-state index contributed by atoms with van der Waals surface area (Å²) in [5, 5.41) is 1.02. The van der Waals surface area contributed by atoms with E-state index in [4.69, 9.17) is 9.47 Å². The van der Waals surface area contributed by atoms with Gasteiger partial charge in [-0.25, -0.2) is 0 Å². The maximum atomic E-state index is 5.78. The molecule has 0 aliphatic carbocycles. The largest absolute Gasteiger partial charge is 0.381 e. The van der Waals surface area contributed by atoms with Crippen molar-refractivity contribution in [3.63, 3.8) is 0 Å². The van der Waals surface area contributed by atoms with Crippen molar-refractivity contribution in [2.24, 2.45) is 5.41 Å². The van der Waals surface area contributed by atoms with Crippen molar-refractivity contribution in [3.05, 3.63) is 0 Å². The number of rotatable bonds is 4. The van der Waals surface area contributed by atoms with Crippen molar-refractivity contribution < 1.29 is 9.47 Å². The van der Waals surface area contributed by atoms with Gasteiger partial charge in [-0.2, -0.15) is 0 Å². The average Bonchev–Trinajstić information content (AvgIpc) is 2.17. The Labute approximate surface area is 102 Å². The summed E-state index contributed by atoms with van der Waals surface area (Å²) in [5.74, 6) is 0. The number of alkyl halides is 1. The van der Waals surface area contributed by atoms with Gasteiger partial charge >= 0.3 is 0 Å². The number of ether oxygens (including phenoxy) is 2. The standard InChI is InChI=1S/C12H23BrO2/c1-11(2,3)15-8-6-12(9-13)5-4-7-14-10-12/h4-10H2,1-3H3. The zero-order valence-electron chi connectivity index (χ0n) is 10.1. The molecular formula is C12H23BrO2. The van der Waals surface area contributed by atoms with Gasteiger partial charge in [-0.05, 0) is 40.0 Å². The third-order valence-electron chi connectivity index (χ3n) is 2.85. The molecule has 0 saturated carbocycles. The molecule has 90 valence electrons. The second-order valence-electron chi connectivity index (χ2n) is 5.50. The van der Waals surface area contributed by atoms with E-state index < -0.39 is 0 Å². The molecule has 0 aromatic rings. The molecule has 1 heterocycles. The van der Waals surface area contributed by atoms with Crippen molar-refractivity contribution in [2.75, 3.05) is 25.2 Å². The number of halogens is 1. The van der Waals surface area contributed by atoms with Crippen molar-refractivity contribution in [2.45, 2.75) is 45.6 Å². The average molecular weight is 279 g/mol. The molecule has 1 aliphatic heterocycles. The van der Waals surface area contributed by atoms with E-state index in [1.54, 1.807) is 0 Å². The topological polar surface area (TPSA) is 18.5 Å². The molecule has 1 atom stereocenters. The van der Waals surface area contributed by atoms with E-state index in [0.29, 0.717) is 5.41 Å². The third-order valence-corrected chi connectivity index (χ3v) is 4.04. The van der Waals surface area contributed by atoms with Crippen LogP contribution in [0.5, 0.6) is 0 Å². The third kappa shape index (κ3) is 4.83. The second-order valence-corrected chi connectivity index (χ2v) is 6.06. The zero-order valence-corrected chi connectivity index (χ0v) is 11.7. The molecule has 15 heavy (non-hydrogen) atoms. The molecule has 0 aromatic carbocycles. The fraction of sp³-hybridized carbons (Fsp3) is 1.00. The van der Waals surface area contributed by atoms with Crippen LogP contribution in [0.15, 0.2) is 0 Å². The van der Waals surface area contributed by atoms with Crippen LogP contribution in [0.3, 0.4) is 0 Å². The summed E-state index contributed by atoms with van der Waals surface area (Å²) in [7, 11) is 0. The van der Waals surface area contributed by atoms with Gasteiger partial charge in [0.05, 0.1) is 12.2 Å². The van der Waals surface area contributed by atoms with Gasteiger partial charge in [0.15, 0.2) is 0 Å². The minimum Gasteiger partial charge on any atom is -0.381 e. The first-order valence-corrected chi connectivity index (χ1v) is 6.87. The summed E-state index contributed by atoms with van der Waals surface area (Å²) in [6.45, 7) is 8.95. The van der Waals surface area contributed by atoms with Crippen molar-refractivity contribution in [1.82, 2.24) is 0 Å². The molecule has 1 unspecified atom stereocenters. The highest BCUT2D eigenvalue weighted by atomic mass is 79.9. The summed E-state index contributed by atoms with van der Waals surface area (Å²) in [5.41, 5.74) is 0.284. The van der Waals surface area contributed by atoms with Crippen LogP contribution in [-0.4, -0.2) is 30.8 Å². The maximum absolute atomic E-state index is 5.78. The van der Waals surface area contributed by atoms with E-state index in [1.165, 1.54) is 12.8 Å². The Morgan fingerprint density at radius 3 is 2.60 bits per heavy atom. The van der Waals surface area contributed by atoms with Crippen molar-refractivity contribution >= 4 is 15.9 Å². The van der Waals surface area contributed by atoms with Crippen LogP contribution >= 0.6 is 15.9 Å². The molecule has 1 saturated heterocycles. The van der Waals surface area contributed by atoms with E-state index in [0.717, 1.165) is 31.6 Å². The molecule has 2 nitrogen and oxygen atoms in total. The Hall–Kier alpha value is 0.400. The summed E-state index contributed by atoms with van der Waals surface area (Å²) in [6, 6.07) is 0. The van der Waals surface area contributed by atoms with Gasteiger partial charge in [0.25, 0.3) is 0 Å². The predicted molar refractivity (Wildman–Crippen MR) is 66.6 cm³/mol. The molecule has 0 spiro atoms. The molecule has 0 bridgehead atoms. The smallest absolute Gasteiger partial charge is 0.0598 e. The fourth-order valence-corrected chi connectivity index (χ4v) is 2.58.